The van der Waals surface area contributed by atoms with Crippen LogP contribution < -0.4 is 10.6 Å². The van der Waals surface area contributed by atoms with Gasteiger partial charge in [-0.05, 0) is 30.7 Å². The Labute approximate surface area is 165 Å². The van der Waals surface area contributed by atoms with Crippen molar-refractivity contribution in [2.45, 2.75) is 18.0 Å². The number of carbonyl (C=O) groups excluding carboxylic acids is 1. The predicted molar refractivity (Wildman–Crippen MR) is 99.4 cm³/mol. The van der Waals surface area contributed by atoms with E-state index in [1.165, 1.54) is 18.2 Å². The van der Waals surface area contributed by atoms with Crippen molar-refractivity contribution in [3.63, 3.8) is 0 Å². The highest BCUT2D eigenvalue weighted by Crippen LogP contribution is 2.32. The lowest BCUT2D eigenvalue weighted by molar-refractivity contribution is -0.137. The van der Waals surface area contributed by atoms with Crippen molar-refractivity contribution >= 4 is 33.2 Å². The highest BCUT2D eigenvalue weighted by Gasteiger charge is 2.31. The third-order valence-electron chi connectivity index (χ3n) is 3.75. The molecular weight excluding hydrogens is 419 g/mol. The molecule has 2 rings (SSSR count). The fourth-order valence-electron chi connectivity index (χ4n) is 2.25. The molecule has 0 aliphatic carbocycles. The number of aryl methyl sites for hydroxylation is 1. The topological polar surface area (TPSA) is 88.2 Å². The zero-order chi connectivity index (χ0) is 21.1. The zero-order valence-electron chi connectivity index (χ0n) is 14.9. The van der Waals surface area contributed by atoms with Crippen molar-refractivity contribution < 1.29 is 26.4 Å². The first-order chi connectivity index (χ1) is 12.9. The standard InChI is InChI=1S/C17H17ClF3N3O3S/c1-10-3-4-12(28(2,26)27)8-13(10)16(25)23-6-5-22-15-14(18)7-11(9-24-15)17(19,20)21/h3-4,7-9H,5-6H2,1-2H3,(H,22,24)(H,23,25). The van der Waals surface area contributed by atoms with Crippen LogP contribution in [0.4, 0.5) is 19.0 Å². The molecule has 28 heavy (non-hydrogen) atoms. The number of aromatic nitrogens is 1. The first-order valence-corrected chi connectivity index (χ1v) is 10.2. The van der Waals surface area contributed by atoms with E-state index in [2.05, 4.69) is 15.6 Å². The monoisotopic (exact) mass is 435 g/mol. The molecule has 0 spiro atoms. The molecule has 0 aliphatic rings. The summed E-state index contributed by atoms with van der Waals surface area (Å²) < 4.78 is 61.0. The van der Waals surface area contributed by atoms with Crippen LogP contribution in [-0.2, 0) is 16.0 Å². The first-order valence-electron chi connectivity index (χ1n) is 7.95. The van der Waals surface area contributed by atoms with E-state index in [1.807, 2.05) is 0 Å². The summed E-state index contributed by atoms with van der Waals surface area (Å²) in [5.74, 6) is -0.421. The molecule has 0 aliphatic heterocycles. The molecule has 6 nitrogen and oxygen atoms in total. The lowest BCUT2D eigenvalue weighted by atomic mass is 10.1. The molecule has 1 heterocycles. The van der Waals surface area contributed by atoms with Crippen molar-refractivity contribution in [3.05, 3.63) is 52.2 Å². The maximum absolute atomic E-state index is 12.6. The minimum Gasteiger partial charge on any atom is -0.367 e. The van der Waals surface area contributed by atoms with Crippen molar-refractivity contribution in [1.82, 2.24) is 10.3 Å². The smallest absolute Gasteiger partial charge is 0.367 e. The van der Waals surface area contributed by atoms with Crippen LogP contribution in [0, 0.1) is 6.92 Å². The van der Waals surface area contributed by atoms with Crippen LogP contribution in [0.5, 0.6) is 0 Å². The van der Waals surface area contributed by atoms with E-state index in [0.29, 0.717) is 11.8 Å². The average molecular weight is 436 g/mol. The molecule has 0 saturated carbocycles. The van der Waals surface area contributed by atoms with Gasteiger partial charge < -0.3 is 10.6 Å². The molecule has 2 aromatic rings. The van der Waals surface area contributed by atoms with E-state index in [4.69, 9.17) is 11.6 Å². The second kappa shape index (κ2) is 8.36. The van der Waals surface area contributed by atoms with Crippen LogP contribution in [0.3, 0.4) is 0 Å². The third kappa shape index (κ3) is 5.59. The summed E-state index contributed by atoms with van der Waals surface area (Å²) in [6.07, 6.45) is -2.83. The zero-order valence-corrected chi connectivity index (χ0v) is 16.5. The van der Waals surface area contributed by atoms with E-state index in [9.17, 15) is 26.4 Å². The number of carbonyl (C=O) groups is 1. The maximum atomic E-state index is 12.6. The Morgan fingerprint density at radius 2 is 1.89 bits per heavy atom. The Hall–Kier alpha value is -2.33. The normalized spacial score (nSPS) is 11.9. The van der Waals surface area contributed by atoms with Crippen molar-refractivity contribution in [3.8, 4) is 0 Å². The largest absolute Gasteiger partial charge is 0.417 e. The number of nitrogens with zero attached hydrogens (tertiary/aromatic N) is 1. The number of hydrogen-bond acceptors (Lipinski definition) is 5. The summed E-state index contributed by atoms with van der Waals surface area (Å²) in [6, 6.07) is 5.01. The van der Waals surface area contributed by atoms with Gasteiger partial charge in [-0.15, -0.1) is 0 Å². The molecule has 0 unspecified atom stereocenters. The van der Waals surface area contributed by atoms with Gasteiger partial charge in [-0.1, -0.05) is 17.7 Å². The lowest BCUT2D eigenvalue weighted by Gasteiger charge is -2.12. The predicted octanol–water partition coefficient (Wildman–Crippen LogP) is 3.31. The van der Waals surface area contributed by atoms with Gasteiger partial charge in [-0.2, -0.15) is 13.2 Å². The molecule has 0 atom stereocenters. The van der Waals surface area contributed by atoms with Gasteiger partial charge in [0.05, 0.1) is 15.5 Å². The highest BCUT2D eigenvalue weighted by atomic mass is 35.5. The van der Waals surface area contributed by atoms with Crippen molar-refractivity contribution in [2.75, 3.05) is 24.7 Å². The molecular formula is C17H17ClF3N3O3S. The number of sulfone groups is 1. The molecule has 0 bridgehead atoms. The molecule has 1 aromatic carbocycles. The summed E-state index contributed by atoms with van der Waals surface area (Å²) in [5.41, 5.74) is -0.142. The van der Waals surface area contributed by atoms with Gasteiger partial charge in [-0.3, -0.25) is 4.79 Å². The SMILES string of the molecule is Cc1ccc(S(C)(=O)=O)cc1C(=O)NCCNc1ncc(C(F)(F)F)cc1Cl. The number of hydrogen-bond donors (Lipinski definition) is 2. The number of benzene rings is 1. The van der Waals surface area contributed by atoms with Crippen molar-refractivity contribution in [2.24, 2.45) is 0 Å². The van der Waals surface area contributed by atoms with E-state index in [0.717, 1.165) is 12.3 Å². The van der Waals surface area contributed by atoms with Gasteiger partial charge in [0.25, 0.3) is 5.91 Å². The Morgan fingerprint density at radius 1 is 1.21 bits per heavy atom. The van der Waals surface area contributed by atoms with Crippen LogP contribution in [0.1, 0.15) is 21.5 Å². The van der Waals surface area contributed by atoms with E-state index in [1.54, 1.807) is 6.92 Å². The number of rotatable bonds is 6. The van der Waals surface area contributed by atoms with Crippen LogP contribution in [-0.4, -0.2) is 38.7 Å². The molecule has 0 radical (unpaired) electrons. The van der Waals surface area contributed by atoms with E-state index >= 15 is 0 Å². The molecule has 152 valence electrons. The number of pyridine rings is 1. The van der Waals surface area contributed by atoms with Gasteiger partial charge in [0.15, 0.2) is 9.84 Å². The fraction of sp³-hybridized carbons (Fsp3) is 0.294. The minimum atomic E-state index is -4.54. The number of nitrogens with one attached hydrogen (secondary N) is 2. The summed E-state index contributed by atoms with van der Waals surface area (Å²) in [7, 11) is -3.45. The summed E-state index contributed by atoms with van der Waals surface area (Å²) in [4.78, 5) is 15.9. The van der Waals surface area contributed by atoms with Crippen LogP contribution in [0.2, 0.25) is 5.02 Å². The number of halogens is 4. The Bertz CT molecular complexity index is 995. The third-order valence-corrected chi connectivity index (χ3v) is 5.15. The van der Waals surface area contributed by atoms with Gasteiger partial charge >= 0.3 is 6.18 Å². The van der Waals surface area contributed by atoms with Gasteiger partial charge in [0, 0.05) is 31.1 Å². The number of amides is 1. The fourth-order valence-corrected chi connectivity index (χ4v) is 3.13. The highest BCUT2D eigenvalue weighted by molar-refractivity contribution is 7.90. The van der Waals surface area contributed by atoms with Crippen LogP contribution in [0.15, 0.2) is 35.4 Å². The van der Waals surface area contributed by atoms with E-state index < -0.39 is 27.5 Å². The quantitative estimate of drug-likeness (QED) is 0.680. The number of alkyl halides is 3. The first kappa shape index (κ1) is 22.0. The van der Waals surface area contributed by atoms with Crippen LogP contribution >= 0.6 is 11.6 Å². The lowest BCUT2D eigenvalue weighted by Crippen LogP contribution is -2.29. The molecule has 11 heteroatoms. The Morgan fingerprint density at radius 3 is 2.46 bits per heavy atom. The molecule has 2 N–H and O–H groups in total. The molecule has 0 saturated heterocycles. The minimum absolute atomic E-state index is 0.0297. The van der Waals surface area contributed by atoms with Crippen LogP contribution in [0.25, 0.3) is 0 Å². The molecule has 1 aromatic heterocycles. The van der Waals surface area contributed by atoms with Gasteiger partial charge in [-0.25, -0.2) is 13.4 Å². The van der Waals surface area contributed by atoms with Gasteiger partial charge in [0.1, 0.15) is 5.82 Å². The van der Waals surface area contributed by atoms with Crippen molar-refractivity contribution in [1.29, 1.82) is 0 Å². The summed E-state index contributed by atoms with van der Waals surface area (Å²) >= 11 is 5.78. The second-order valence-electron chi connectivity index (χ2n) is 5.98. The van der Waals surface area contributed by atoms with E-state index in [-0.39, 0.29) is 34.4 Å². The number of anilines is 1. The average Bonchev–Trinajstić information content (AvgIpc) is 2.58. The summed E-state index contributed by atoms with van der Waals surface area (Å²) in [6.45, 7) is 1.93. The maximum Gasteiger partial charge on any atom is 0.417 e. The van der Waals surface area contributed by atoms with Gasteiger partial charge in [0.2, 0.25) is 0 Å². The second-order valence-corrected chi connectivity index (χ2v) is 8.41. The Balaban J connectivity index is 1.97. The summed E-state index contributed by atoms with van der Waals surface area (Å²) in [5, 5.41) is 5.13. The Kier molecular flexibility index (Phi) is 6.56. The molecule has 0 fully saturated rings. The molecule has 1 amide bonds.